The van der Waals surface area contributed by atoms with Crippen LogP contribution in [0.2, 0.25) is 0 Å². The fourth-order valence-electron chi connectivity index (χ4n) is 3.60. The van der Waals surface area contributed by atoms with Gasteiger partial charge in [-0.05, 0) is 56.7 Å². The van der Waals surface area contributed by atoms with Gasteiger partial charge >= 0.3 is 0 Å². The summed E-state index contributed by atoms with van der Waals surface area (Å²) >= 11 is 0. The quantitative estimate of drug-likeness (QED) is 0.141. The molecule has 0 aliphatic carbocycles. The van der Waals surface area contributed by atoms with E-state index in [9.17, 15) is 0 Å². The molecule has 2 nitrogen and oxygen atoms in total. The Balaban J connectivity index is 1.35. The molecule has 0 N–H and O–H groups in total. The number of rotatable bonds is 18. The van der Waals surface area contributed by atoms with Crippen molar-refractivity contribution in [3.63, 3.8) is 0 Å². The number of aryl methyl sites for hydroxylation is 1. The summed E-state index contributed by atoms with van der Waals surface area (Å²) in [5.74, 6) is 0.957. The molecule has 2 heteroatoms. The lowest BCUT2D eigenvalue weighted by Crippen LogP contribution is -2.16. The SMILES string of the molecule is CCC/C=C/CCCCCCCCCCCCc1ccc(OCC2(C)CO2)cc1. The second-order valence-electron chi connectivity index (χ2n) is 9.01. The van der Waals surface area contributed by atoms with Crippen LogP contribution in [0, 0.1) is 0 Å². The molecule has 2 rings (SSSR count). The molecule has 29 heavy (non-hydrogen) atoms. The first-order valence-electron chi connectivity index (χ1n) is 12.2. The molecule has 164 valence electrons. The van der Waals surface area contributed by atoms with Crippen LogP contribution in [0.25, 0.3) is 0 Å². The molecular weight excluding hydrogens is 356 g/mol. The van der Waals surface area contributed by atoms with E-state index < -0.39 is 0 Å². The van der Waals surface area contributed by atoms with Gasteiger partial charge in [-0.25, -0.2) is 0 Å². The van der Waals surface area contributed by atoms with Crippen LogP contribution < -0.4 is 4.74 Å². The average Bonchev–Trinajstić information content (AvgIpc) is 3.48. The van der Waals surface area contributed by atoms with Crippen molar-refractivity contribution in [3.8, 4) is 5.75 Å². The van der Waals surface area contributed by atoms with Crippen LogP contribution in [-0.2, 0) is 11.2 Å². The maximum atomic E-state index is 5.79. The van der Waals surface area contributed by atoms with Gasteiger partial charge in [0.25, 0.3) is 0 Å². The van der Waals surface area contributed by atoms with Crippen LogP contribution in [0.15, 0.2) is 36.4 Å². The van der Waals surface area contributed by atoms with Crippen LogP contribution in [0.3, 0.4) is 0 Å². The lowest BCUT2D eigenvalue weighted by molar-refractivity contribution is 0.202. The molecule has 0 aromatic heterocycles. The van der Waals surface area contributed by atoms with E-state index in [-0.39, 0.29) is 5.60 Å². The molecule has 1 fully saturated rings. The summed E-state index contributed by atoms with van der Waals surface area (Å²) in [5, 5.41) is 0. The van der Waals surface area contributed by atoms with E-state index in [0.717, 1.165) is 12.4 Å². The van der Waals surface area contributed by atoms with Crippen molar-refractivity contribution in [2.45, 2.75) is 109 Å². The van der Waals surface area contributed by atoms with Crippen molar-refractivity contribution < 1.29 is 9.47 Å². The van der Waals surface area contributed by atoms with Gasteiger partial charge in [-0.15, -0.1) is 0 Å². The van der Waals surface area contributed by atoms with Crippen LogP contribution in [0.1, 0.15) is 103 Å². The zero-order chi connectivity index (χ0) is 20.6. The van der Waals surface area contributed by atoms with Crippen molar-refractivity contribution >= 4 is 0 Å². The van der Waals surface area contributed by atoms with Gasteiger partial charge in [-0.2, -0.15) is 0 Å². The van der Waals surface area contributed by atoms with E-state index in [1.54, 1.807) is 0 Å². The predicted molar refractivity (Wildman–Crippen MR) is 125 cm³/mol. The third kappa shape index (κ3) is 12.1. The zero-order valence-corrected chi connectivity index (χ0v) is 19.1. The first-order chi connectivity index (χ1) is 14.2. The molecule has 1 aliphatic heterocycles. The van der Waals surface area contributed by atoms with Gasteiger partial charge in [-0.3, -0.25) is 0 Å². The van der Waals surface area contributed by atoms with E-state index in [0.29, 0.717) is 6.61 Å². The van der Waals surface area contributed by atoms with Gasteiger partial charge in [0.1, 0.15) is 18.0 Å². The van der Waals surface area contributed by atoms with Crippen molar-refractivity contribution in [2.24, 2.45) is 0 Å². The number of benzene rings is 1. The third-order valence-electron chi connectivity index (χ3n) is 5.81. The average molecular weight is 401 g/mol. The number of epoxide rings is 1. The minimum absolute atomic E-state index is 0.0375. The van der Waals surface area contributed by atoms with Crippen molar-refractivity contribution in [3.05, 3.63) is 42.0 Å². The highest BCUT2D eigenvalue weighted by molar-refractivity contribution is 5.27. The summed E-state index contributed by atoms with van der Waals surface area (Å²) in [6.07, 6.45) is 23.7. The molecule has 1 aromatic rings. The lowest BCUT2D eigenvalue weighted by atomic mass is 10.0. The Morgan fingerprint density at radius 3 is 1.97 bits per heavy atom. The highest BCUT2D eigenvalue weighted by Gasteiger charge is 2.40. The summed E-state index contributed by atoms with van der Waals surface area (Å²) in [5.41, 5.74) is 1.39. The van der Waals surface area contributed by atoms with Crippen LogP contribution in [0.4, 0.5) is 0 Å². The van der Waals surface area contributed by atoms with Crippen LogP contribution >= 0.6 is 0 Å². The summed E-state index contributed by atoms with van der Waals surface area (Å²) in [6, 6.07) is 8.63. The van der Waals surface area contributed by atoms with Crippen molar-refractivity contribution in [2.75, 3.05) is 13.2 Å². The molecule has 0 bridgehead atoms. The standard InChI is InChI=1S/C27H44O2/c1-3-4-5-6-7-8-9-10-11-12-13-14-15-16-17-18-25-19-21-26(22-20-25)28-23-27(2)24-29-27/h5-6,19-22H,3-4,7-18,23-24H2,1-2H3/b6-5+. The fraction of sp³-hybridized carbons (Fsp3) is 0.704. The second-order valence-corrected chi connectivity index (χ2v) is 9.01. The largest absolute Gasteiger partial charge is 0.491 e. The molecule has 0 radical (unpaired) electrons. The van der Waals surface area contributed by atoms with Gasteiger partial charge in [0.2, 0.25) is 0 Å². The molecule has 1 aromatic carbocycles. The Morgan fingerprint density at radius 1 is 0.828 bits per heavy atom. The maximum Gasteiger partial charge on any atom is 0.123 e. The number of ether oxygens (including phenoxy) is 2. The Morgan fingerprint density at radius 2 is 1.38 bits per heavy atom. The first kappa shape index (κ1) is 24.0. The summed E-state index contributed by atoms with van der Waals surface area (Å²) in [4.78, 5) is 0. The maximum absolute atomic E-state index is 5.79. The fourth-order valence-corrected chi connectivity index (χ4v) is 3.60. The van der Waals surface area contributed by atoms with E-state index in [1.807, 2.05) is 0 Å². The minimum Gasteiger partial charge on any atom is -0.491 e. The summed E-state index contributed by atoms with van der Waals surface area (Å²) in [6.45, 7) is 5.81. The highest BCUT2D eigenvalue weighted by atomic mass is 16.6. The Hall–Kier alpha value is -1.28. The number of hydrogen-bond acceptors (Lipinski definition) is 2. The second kappa shape index (κ2) is 14.7. The molecule has 1 aliphatic rings. The van der Waals surface area contributed by atoms with E-state index in [2.05, 4.69) is 50.3 Å². The highest BCUT2D eigenvalue weighted by Crippen LogP contribution is 2.27. The molecule has 1 unspecified atom stereocenters. The Bertz CT molecular complexity index is 542. The number of allylic oxidation sites excluding steroid dienone is 2. The smallest absolute Gasteiger partial charge is 0.123 e. The molecule has 1 heterocycles. The van der Waals surface area contributed by atoms with Gasteiger partial charge in [0.05, 0.1) is 6.61 Å². The molecule has 1 saturated heterocycles. The van der Waals surface area contributed by atoms with Crippen LogP contribution in [0.5, 0.6) is 5.75 Å². The van der Waals surface area contributed by atoms with Gasteiger partial charge < -0.3 is 9.47 Å². The molecular formula is C27H44O2. The number of hydrogen-bond donors (Lipinski definition) is 0. The molecule has 0 saturated carbocycles. The topological polar surface area (TPSA) is 21.8 Å². The summed E-state index contributed by atoms with van der Waals surface area (Å²) < 4.78 is 11.1. The van der Waals surface area contributed by atoms with Gasteiger partial charge in [0.15, 0.2) is 0 Å². The minimum atomic E-state index is -0.0375. The summed E-state index contributed by atoms with van der Waals surface area (Å²) in [7, 11) is 0. The molecule has 0 amide bonds. The number of unbranched alkanes of at least 4 members (excludes halogenated alkanes) is 11. The predicted octanol–water partition coefficient (Wildman–Crippen LogP) is 8.04. The normalized spacial score (nSPS) is 18.4. The zero-order valence-electron chi connectivity index (χ0n) is 19.1. The van der Waals surface area contributed by atoms with E-state index >= 15 is 0 Å². The van der Waals surface area contributed by atoms with Crippen LogP contribution in [-0.4, -0.2) is 18.8 Å². The van der Waals surface area contributed by atoms with E-state index in [1.165, 1.54) is 95.5 Å². The first-order valence-corrected chi connectivity index (χ1v) is 12.2. The van der Waals surface area contributed by atoms with Crippen molar-refractivity contribution in [1.29, 1.82) is 0 Å². The monoisotopic (exact) mass is 400 g/mol. The molecule has 1 atom stereocenters. The van der Waals surface area contributed by atoms with Crippen molar-refractivity contribution in [1.82, 2.24) is 0 Å². The van der Waals surface area contributed by atoms with Gasteiger partial charge in [0, 0.05) is 0 Å². The Kier molecular flexibility index (Phi) is 12.1. The van der Waals surface area contributed by atoms with Gasteiger partial charge in [-0.1, -0.05) is 89.0 Å². The van der Waals surface area contributed by atoms with E-state index in [4.69, 9.17) is 9.47 Å². The Labute approximate surface area is 180 Å². The lowest BCUT2D eigenvalue weighted by Gasteiger charge is -2.09. The third-order valence-corrected chi connectivity index (χ3v) is 5.81. The molecule has 0 spiro atoms.